The van der Waals surface area contributed by atoms with Crippen LogP contribution in [0.25, 0.3) is 0 Å². The van der Waals surface area contributed by atoms with Crippen LogP contribution >= 0.6 is 0 Å². The Morgan fingerprint density at radius 2 is 1.70 bits per heavy atom. The number of carbonyl (C=O) groups excluding carboxylic acids is 1. The summed E-state index contributed by atoms with van der Waals surface area (Å²) >= 11 is 0. The number of anilines is 1. The first kappa shape index (κ1) is 18.1. The smallest absolute Gasteiger partial charge is 0.254 e. The van der Waals surface area contributed by atoms with Gasteiger partial charge in [-0.05, 0) is 49.1 Å². The molecule has 2 aliphatic rings. The summed E-state index contributed by atoms with van der Waals surface area (Å²) < 4.78 is 0. The molecule has 1 atom stereocenters. The van der Waals surface area contributed by atoms with E-state index in [1.165, 1.54) is 18.4 Å². The molecule has 142 valence electrons. The van der Waals surface area contributed by atoms with Crippen molar-refractivity contribution in [3.05, 3.63) is 65.7 Å². The summed E-state index contributed by atoms with van der Waals surface area (Å²) in [6.45, 7) is 2.81. The summed E-state index contributed by atoms with van der Waals surface area (Å²) in [5, 5.41) is 0. The Bertz CT molecular complexity index is 768. The van der Waals surface area contributed by atoms with Gasteiger partial charge in [0.25, 0.3) is 5.91 Å². The minimum atomic E-state index is 0.164. The molecular weight excluding hydrogens is 334 g/mol. The van der Waals surface area contributed by atoms with Crippen LogP contribution < -0.4 is 4.90 Å². The van der Waals surface area contributed by atoms with Crippen LogP contribution in [-0.2, 0) is 6.42 Å². The standard InChI is InChI=1S/C23H29N3O/c1-24(2)20-10-8-19(9-11-20)23(27)26-15-14-25(21-12-13-21)17-22(26)16-18-6-4-3-5-7-18/h3-11,21-22H,12-17H2,1-2H3. The van der Waals surface area contributed by atoms with E-state index < -0.39 is 0 Å². The first-order valence-corrected chi connectivity index (χ1v) is 9.98. The highest BCUT2D eigenvalue weighted by molar-refractivity contribution is 5.95. The van der Waals surface area contributed by atoms with Crippen molar-refractivity contribution >= 4 is 11.6 Å². The molecule has 1 aliphatic carbocycles. The summed E-state index contributed by atoms with van der Waals surface area (Å²) in [5.74, 6) is 0.164. The van der Waals surface area contributed by atoms with E-state index in [2.05, 4.69) is 45.0 Å². The summed E-state index contributed by atoms with van der Waals surface area (Å²) in [6, 6.07) is 19.5. The average molecular weight is 364 g/mol. The molecule has 4 rings (SSSR count). The Balaban J connectivity index is 1.53. The Labute approximate surface area is 162 Å². The number of hydrogen-bond acceptors (Lipinski definition) is 3. The maximum Gasteiger partial charge on any atom is 0.254 e. The average Bonchev–Trinajstić information content (AvgIpc) is 3.54. The first-order chi connectivity index (χ1) is 13.1. The summed E-state index contributed by atoms with van der Waals surface area (Å²) in [6.07, 6.45) is 3.56. The summed E-state index contributed by atoms with van der Waals surface area (Å²) in [5.41, 5.74) is 3.21. The quantitative estimate of drug-likeness (QED) is 0.816. The van der Waals surface area contributed by atoms with Gasteiger partial charge < -0.3 is 9.80 Å². The fraction of sp³-hybridized carbons (Fsp3) is 0.435. The molecule has 1 amide bonds. The summed E-state index contributed by atoms with van der Waals surface area (Å²) in [7, 11) is 4.04. The molecule has 27 heavy (non-hydrogen) atoms. The fourth-order valence-corrected chi connectivity index (χ4v) is 4.05. The van der Waals surface area contributed by atoms with Crippen molar-refractivity contribution in [1.82, 2.24) is 9.80 Å². The molecule has 0 N–H and O–H groups in total. The van der Waals surface area contributed by atoms with Gasteiger partial charge in [0.2, 0.25) is 0 Å². The van der Waals surface area contributed by atoms with Gasteiger partial charge >= 0.3 is 0 Å². The van der Waals surface area contributed by atoms with Gasteiger partial charge in [-0.1, -0.05) is 30.3 Å². The van der Waals surface area contributed by atoms with E-state index in [0.717, 1.165) is 43.3 Å². The van der Waals surface area contributed by atoms with E-state index in [0.29, 0.717) is 0 Å². The third-order valence-corrected chi connectivity index (χ3v) is 5.78. The van der Waals surface area contributed by atoms with Gasteiger partial charge in [0.15, 0.2) is 0 Å². The largest absolute Gasteiger partial charge is 0.378 e. The van der Waals surface area contributed by atoms with Gasteiger partial charge in [-0.15, -0.1) is 0 Å². The lowest BCUT2D eigenvalue weighted by molar-refractivity contribution is 0.0437. The molecule has 4 heteroatoms. The van der Waals surface area contributed by atoms with Crippen molar-refractivity contribution in [2.24, 2.45) is 0 Å². The second-order valence-corrected chi connectivity index (χ2v) is 8.01. The van der Waals surface area contributed by atoms with Crippen LogP contribution in [0.2, 0.25) is 0 Å². The van der Waals surface area contributed by atoms with Crippen molar-refractivity contribution in [2.45, 2.75) is 31.3 Å². The van der Waals surface area contributed by atoms with Crippen LogP contribution in [-0.4, -0.2) is 61.5 Å². The van der Waals surface area contributed by atoms with Crippen LogP contribution in [0.5, 0.6) is 0 Å². The van der Waals surface area contributed by atoms with E-state index in [9.17, 15) is 4.79 Å². The molecular formula is C23H29N3O. The lowest BCUT2D eigenvalue weighted by atomic mass is 10.0. The SMILES string of the molecule is CN(C)c1ccc(C(=O)N2CCN(C3CC3)CC2Cc2ccccc2)cc1. The molecule has 2 fully saturated rings. The van der Waals surface area contributed by atoms with Gasteiger partial charge in [-0.3, -0.25) is 9.69 Å². The molecule has 0 radical (unpaired) electrons. The van der Waals surface area contributed by atoms with E-state index in [1.54, 1.807) is 0 Å². The molecule has 2 aromatic carbocycles. The van der Waals surface area contributed by atoms with Crippen LogP contribution in [0.15, 0.2) is 54.6 Å². The number of nitrogens with zero attached hydrogens (tertiary/aromatic N) is 3. The molecule has 0 aromatic heterocycles. The number of piperazine rings is 1. The molecule has 1 saturated carbocycles. The molecule has 0 bridgehead atoms. The Morgan fingerprint density at radius 1 is 1.00 bits per heavy atom. The minimum Gasteiger partial charge on any atom is -0.378 e. The lowest BCUT2D eigenvalue weighted by Crippen LogP contribution is -2.56. The fourth-order valence-electron chi connectivity index (χ4n) is 4.05. The zero-order valence-corrected chi connectivity index (χ0v) is 16.3. The zero-order chi connectivity index (χ0) is 18.8. The maximum absolute atomic E-state index is 13.3. The van der Waals surface area contributed by atoms with Crippen molar-refractivity contribution in [3.8, 4) is 0 Å². The monoisotopic (exact) mass is 363 g/mol. The van der Waals surface area contributed by atoms with E-state index >= 15 is 0 Å². The van der Waals surface area contributed by atoms with Crippen molar-refractivity contribution in [2.75, 3.05) is 38.6 Å². The number of benzene rings is 2. The predicted molar refractivity (Wildman–Crippen MR) is 110 cm³/mol. The Hall–Kier alpha value is -2.33. The number of carbonyl (C=O) groups is 1. The third kappa shape index (κ3) is 4.16. The highest BCUT2D eigenvalue weighted by Gasteiger charge is 2.37. The molecule has 4 nitrogen and oxygen atoms in total. The van der Waals surface area contributed by atoms with Gasteiger partial charge in [0.05, 0.1) is 0 Å². The van der Waals surface area contributed by atoms with Crippen molar-refractivity contribution in [3.63, 3.8) is 0 Å². The Kier molecular flexibility index (Phi) is 5.17. The van der Waals surface area contributed by atoms with Gasteiger partial charge in [-0.25, -0.2) is 0 Å². The molecule has 1 unspecified atom stereocenters. The summed E-state index contributed by atoms with van der Waals surface area (Å²) in [4.78, 5) is 20.0. The molecule has 2 aromatic rings. The second kappa shape index (κ2) is 7.73. The van der Waals surface area contributed by atoms with E-state index in [1.807, 2.05) is 38.4 Å². The van der Waals surface area contributed by atoms with Gasteiger partial charge in [0, 0.05) is 57.1 Å². The minimum absolute atomic E-state index is 0.164. The second-order valence-electron chi connectivity index (χ2n) is 8.01. The van der Waals surface area contributed by atoms with Crippen LogP contribution in [0.3, 0.4) is 0 Å². The van der Waals surface area contributed by atoms with E-state index in [-0.39, 0.29) is 11.9 Å². The zero-order valence-electron chi connectivity index (χ0n) is 16.3. The van der Waals surface area contributed by atoms with Gasteiger partial charge in [-0.2, -0.15) is 0 Å². The van der Waals surface area contributed by atoms with Crippen LogP contribution in [0, 0.1) is 0 Å². The van der Waals surface area contributed by atoms with Gasteiger partial charge in [0.1, 0.15) is 0 Å². The van der Waals surface area contributed by atoms with Crippen LogP contribution in [0.4, 0.5) is 5.69 Å². The molecule has 1 saturated heterocycles. The van der Waals surface area contributed by atoms with Crippen molar-refractivity contribution < 1.29 is 4.79 Å². The molecule has 1 aliphatic heterocycles. The number of amides is 1. The van der Waals surface area contributed by atoms with Crippen molar-refractivity contribution in [1.29, 1.82) is 0 Å². The predicted octanol–water partition coefficient (Wildman–Crippen LogP) is 3.28. The van der Waals surface area contributed by atoms with E-state index in [4.69, 9.17) is 0 Å². The first-order valence-electron chi connectivity index (χ1n) is 9.98. The topological polar surface area (TPSA) is 26.8 Å². The normalized spacial score (nSPS) is 20.5. The Morgan fingerprint density at radius 3 is 2.33 bits per heavy atom. The number of hydrogen-bond donors (Lipinski definition) is 0. The third-order valence-electron chi connectivity index (χ3n) is 5.78. The molecule has 1 heterocycles. The number of rotatable bonds is 5. The maximum atomic E-state index is 13.3. The lowest BCUT2D eigenvalue weighted by Gasteiger charge is -2.42. The highest BCUT2D eigenvalue weighted by Crippen LogP contribution is 2.30. The molecule has 0 spiro atoms. The van der Waals surface area contributed by atoms with Crippen LogP contribution in [0.1, 0.15) is 28.8 Å². The highest BCUT2D eigenvalue weighted by atomic mass is 16.2.